The van der Waals surface area contributed by atoms with E-state index < -0.39 is 0 Å². The molecule has 0 fully saturated rings. The Morgan fingerprint density at radius 2 is 1.77 bits per heavy atom. The Morgan fingerprint density at radius 3 is 2.52 bits per heavy atom. The predicted molar refractivity (Wildman–Crippen MR) is 120 cm³/mol. The number of benzene rings is 3. The van der Waals surface area contributed by atoms with E-state index in [9.17, 15) is 4.79 Å². The Kier molecular flexibility index (Phi) is 6.14. The van der Waals surface area contributed by atoms with Crippen molar-refractivity contribution in [1.29, 1.82) is 0 Å². The van der Waals surface area contributed by atoms with E-state index in [0.29, 0.717) is 28.7 Å². The van der Waals surface area contributed by atoms with E-state index in [4.69, 9.17) is 11.6 Å². The summed E-state index contributed by atoms with van der Waals surface area (Å²) < 4.78 is 0. The summed E-state index contributed by atoms with van der Waals surface area (Å²) in [4.78, 5) is 13.9. The lowest BCUT2D eigenvalue weighted by Gasteiger charge is -2.05. The fraction of sp³-hybridized carbons (Fsp3) is 0.0870. The van der Waals surface area contributed by atoms with Crippen LogP contribution in [-0.4, -0.2) is 31.8 Å². The molecule has 0 radical (unpaired) electrons. The molecule has 0 bridgehead atoms. The molecule has 1 aromatic heterocycles. The number of carbonyl (C=O) groups excluding carboxylic acids is 1. The Balaban J connectivity index is 1.38. The van der Waals surface area contributed by atoms with Crippen LogP contribution in [0.1, 0.15) is 28.4 Å². The summed E-state index contributed by atoms with van der Waals surface area (Å²) in [6.45, 7) is 2.26. The van der Waals surface area contributed by atoms with Crippen LogP contribution in [0.3, 0.4) is 0 Å². The molecule has 1 heterocycles. The van der Waals surface area contributed by atoms with Crippen LogP contribution in [0.4, 0.5) is 0 Å². The van der Waals surface area contributed by atoms with Crippen LogP contribution in [0.2, 0.25) is 5.02 Å². The molecule has 4 aromatic rings. The molecule has 154 valence electrons. The second-order valence-corrected chi connectivity index (χ2v) is 7.29. The lowest BCUT2D eigenvalue weighted by molar-refractivity contribution is 0.0955. The molecule has 0 saturated carbocycles. The van der Waals surface area contributed by atoms with E-state index in [1.54, 1.807) is 24.3 Å². The van der Waals surface area contributed by atoms with Crippen molar-refractivity contribution in [3.63, 3.8) is 0 Å². The monoisotopic (exact) mass is 430 g/mol. The van der Waals surface area contributed by atoms with Gasteiger partial charge >= 0.3 is 0 Å². The number of rotatable bonds is 6. The first kappa shape index (κ1) is 20.4. The Hall–Kier alpha value is -3.84. The van der Waals surface area contributed by atoms with Crippen LogP contribution in [-0.2, 0) is 6.54 Å². The average Bonchev–Trinajstić information content (AvgIpc) is 3.27. The maximum Gasteiger partial charge on any atom is 0.271 e. The molecule has 0 aliphatic carbocycles. The van der Waals surface area contributed by atoms with Crippen LogP contribution in [0, 0.1) is 0 Å². The van der Waals surface area contributed by atoms with Gasteiger partial charge in [-0.15, -0.1) is 10.2 Å². The summed E-state index contributed by atoms with van der Waals surface area (Å²) in [5, 5.41) is 17.4. The predicted octanol–water partition coefficient (Wildman–Crippen LogP) is 4.20. The number of tetrazole rings is 1. The molecule has 0 aliphatic heterocycles. The molecular formula is C23H19ClN6O. The molecular weight excluding hydrogens is 412 g/mol. The van der Waals surface area contributed by atoms with E-state index >= 15 is 0 Å². The molecule has 0 atom stereocenters. The van der Waals surface area contributed by atoms with Crippen LogP contribution < -0.4 is 5.43 Å². The standard InChI is InChI=1S/C23H19ClN6O/c1-16(20-8-5-9-21(24)14-20)25-27-23(31)19-12-10-17(11-13-19)15-30-28-22(26-29-30)18-6-3-2-4-7-18/h2-14H,15H2,1H3,(H,27,31)/b25-16+. The van der Waals surface area contributed by atoms with Crippen molar-refractivity contribution in [2.24, 2.45) is 5.10 Å². The zero-order chi connectivity index (χ0) is 21.6. The molecule has 0 spiro atoms. The van der Waals surface area contributed by atoms with Gasteiger partial charge in [-0.25, -0.2) is 5.43 Å². The first-order valence-corrected chi connectivity index (χ1v) is 9.99. The van der Waals surface area contributed by atoms with Gasteiger partial charge in [0.05, 0.1) is 12.3 Å². The van der Waals surface area contributed by atoms with E-state index in [1.807, 2.05) is 61.5 Å². The minimum atomic E-state index is -0.293. The molecule has 0 unspecified atom stereocenters. The van der Waals surface area contributed by atoms with Gasteiger partial charge in [-0.05, 0) is 47.5 Å². The second kappa shape index (κ2) is 9.32. The summed E-state index contributed by atoms with van der Waals surface area (Å²) in [6, 6.07) is 24.2. The van der Waals surface area contributed by atoms with Gasteiger partial charge in [0.2, 0.25) is 5.82 Å². The maximum absolute atomic E-state index is 12.4. The van der Waals surface area contributed by atoms with Crippen molar-refractivity contribution in [3.8, 4) is 11.4 Å². The lowest BCUT2D eigenvalue weighted by Crippen LogP contribution is -2.19. The van der Waals surface area contributed by atoms with Crippen molar-refractivity contribution < 1.29 is 4.79 Å². The molecule has 4 rings (SSSR count). The Labute approximate surface area is 184 Å². The highest BCUT2D eigenvalue weighted by molar-refractivity contribution is 6.31. The largest absolute Gasteiger partial charge is 0.271 e. The number of nitrogens with one attached hydrogen (secondary N) is 1. The fourth-order valence-electron chi connectivity index (χ4n) is 2.92. The molecule has 1 amide bonds. The van der Waals surface area contributed by atoms with Crippen molar-refractivity contribution in [2.75, 3.05) is 0 Å². The normalized spacial score (nSPS) is 11.4. The fourth-order valence-corrected chi connectivity index (χ4v) is 3.11. The van der Waals surface area contributed by atoms with Gasteiger partial charge in [-0.2, -0.15) is 9.90 Å². The second-order valence-electron chi connectivity index (χ2n) is 6.85. The molecule has 7 nitrogen and oxygen atoms in total. The molecule has 3 aromatic carbocycles. The zero-order valence-corrected chi connectivity index (χ0v) is 17.5. The van der Waals surface area contributed by atoms with Crippen molar-refractivity contribution in [3.05, 3.63) is 101 Å². The summed E-state index contributed by atoms with van der Waals surface area (Å²) in [5.41, 5.74) is 6.45. The maximum atomic E-state index is 12.4. The van der Waals surface area contributed by atoms with Gasteiger partial charge in [0.15, 0.2) is 0 Å². The molecule has 1 N–H and O–H groups in total. The quantitative estimate of drug-likeness (QED) is 0.367. The van der Waals surface area contributed by atoms with Crippen LogP contribution >= 0.6 is 11.6 Å². The van der Waals surface area contributed by atoms with Crippen molar-refractivity contribution in [1.82, 2.24) is 25.6 Å². The van der Waals surface area contributed by atoms with E-state index in [-0.39, 0.29) is 5.91 Å². The number of carbonyl (C=O) groups is 1. The third-order valence-electron chi connectivity index (χ3n) is 4.59. The summed E-state index contributed by atoms with van der Waals surface area (Å²) in [6.07, 6.45) is 0. The first-order chi connectivity index (χ1) is 15.1. The number of nitrogens with zero attached hydrogens (tertiary/aromatic N) is 5. The Bertz CT molecular complexity index is 1220. The smallest absolute Gasteiger partial charge is 0.267 e. The highest BCUT2D eigenvalue weighted by Gasteiger charge is 2.08. The first-order valence-electron chi connectivity index (χ1n) is 9.61. The van der Waals surface area contributed by atoms with E-state index in [0.717, 1.165) is 16.7 Å². The summed E-state index contributed by atoms with van der Waals surface area (Å²) in [5.74, 6) is 0.280. The number of halogens is 1. The van der Waals surface area contributed by atoms with Crippen LogP contribution in [0.25, 0.3) is 11.4 Å². The molecule has 0 saturated heterocycles. The third-order valence-corrected chi connectivity index (χ3v) is 4.83. The Morgan fingerprint density at radius 1 is 1.00 bits per heavy atom. The zero-order valence-electron chi connectivity index (χ0n) is 16.7. The van der Waals surface area contributed by atoms with E-state index in [1.165, 1.54) is 4.80 Å². The van der Waals surface area contributed by atoms with Gasteiger partial charge in [0.1, 0.15) is 0 Å². The number of amides is 1. The molecule has 0 aliphatic rings. The average molecular weight is 431 g/mol. The highest BCUT2D eigenvalue weighted by atomic mass is 35.5. The van der Waals surface area contributed by atoms with Gasteiger partial charge < -0.3 is 0 Å². The highest BCUT2D eigenvalue weighted by Crippen LogP contribution is 2.13. The van der Waals surface area contributed by atoms with Crippen LogP contribution in [0.15, 0.2) is 84.0 Å². The van der Waals surface area contributed by atoms with Gasteiger partial charge in [0.25, 0.3) is 5.91 Å². The molecule has 8 heteroatoms. The van der Waals surface area contributed by atoms with Gasteiger partial charge in [0, 0.05) is 16.1 Å². The number of aromatic nitrogens is 4. The number of hydrogen-bond acceptors (Lipinski definition) is 5. The minimum absolute atomic E-state index is 0.293. The summed E-state index contributed by atoms with van der Waals surface area (Å²) >= 11 is 6.00. The SMILES string of the molecule is C/C(=N\NC(=O)c1ccc(Cn2nnc(-c3ccccc3)n2)cc1)c1cccc(Cl)c1. The topological polar surface area (TPSA) is 85.1 Å². The van der Waals surface area contributed by atoms with Gasteiger partial charge in [-0.3, -0.25) is 4.79 Å². The van der Waals surface area contributed by atoms with E-state index in [2.05, 4.69) is 25.9 Å². The van der Waals surface area contributed by atoms with Gasteiger partial charge in [-0.1, -0.05) is 66.2 Å². The van der Waals surface area contributed by atoms with Crippen molar-refractivity contribution in [2.45, 2.75) is 13.5 Å². The van der Waals surface area contributed by atoms with Crippen LogP contribution in [0.5, 0.6) is 0 Å². The third kappa shape index (κ3) is 5.21. The van der Waals surface area contributed by atoms with Crippen molar-refractivity contribution >= 4 is 23.2 Å². The summed E-state index contributed by atoms with van der Waals surface area (Å²) in [7, 11) is 0. The number of hydrogen-bond donors (Lipinski definition) is 1. The molecule has 31 heavy (non-hydrogen) atoms. The minimum Gasteiger partial charge on any atom is -0.267 e. The number of hydrazone groups is 1. The lowest BCUT2D eigenvalue weighted by atomic mass is 10.1.